The van der Waals surface area contributed by atoms with Gasteiger partial charge in [0.15, 0.2) is 0 Å². The molecule has 0 aliphatic heterocycles. The first-order valence-corrected chi connectivity index (χ1v) is 12.2. The molecule has 178 valence electrons. The molecule has 4 aromatic rings. The molecule has 0 atom stereocenters. The second-order valence-corrected chi connectivity index (χ2v) is 10.2. The number of fused-ring (bicyclic) bond motifs is 1. The number of para-hydroxylation sites is 2. The molecule has 0 aliphatic carbocycles. The van der Waals surface area contributed by atoms with Crippen LogP contribution in [0.5, 0.6) is 11.5 Å². The van der Waals surface area contributed by atoms with Crippen LogP contribution in [-0.2, 0) is 18.6 Å². The third-order valence-corrected chi connectivity index (χ3v) is 6.62. The molecule has 34 heavy (non-hydrogen) atoms. The van der Waals surface area contributed by atoms with Crippen molar-refractivity contribution in [1.82, 2.24) is 9.55 Å². The quantitative estimate of drug-likeness (QED) is 0.245. The summed E-state index contributed by atoms with van der Waals surface area (Å²) in [7, 11) is 0. The minimum Gasteiger partial charge on any atom is -0.494 e. The molecule has 0 aliphatic rings. The van der Waals surface area contributed by atoms with Crippen LogP contribution in [0.1, 0.15) is 49.7 Å². The molecule has 0 fully saturated rings. The molecular weight excluding hydrogens is 444 g/mol. The first kappa shape index (κ1) is 24.2. The fourth-order valence-corrected chi connectivity index (χ4v) is 4.20. The van der Waals surface area contributed by atoms with E-state index in [1.54, 1.807) is 0 Å². The van der Waals surface area contributed by atoms with Gasteiger partial charge in [0.2, 0.25) is 0 Å². The molecule has 0 radical (unpaired) electrons. The summed E-state index contributed by atoms with van der Waals surface area (Å²) >= 11 is 6.28. The molecule has 1 aromatic heterocycles. The van der Waals surface area contributed by atoms with Crippen molar-refractivity contribution in [2.45, 2.75) is 59.6 Å². The second-order valence-electron chi connectivity index (χ2n) is 9.80. The summed E-state index contributed by atoms with van der Waals surface area (Å²) in [6, 6.07) is 20.6. The van der Waals surface area contributed by atoms with Gasteiger partial charge in [0, 0.05) is 11.6 Å². The third-order valence-electron chi connectivity index (χ3n) is 6.03. The molecule has 0 saturated heterocycles. The minimum atomic E-state index is 0.123. The summed E-state index contributed by atoms with van der Waals surface area (Å²) in [5.41, 5.74) is 5.58. The van der Waals surface area contributed by atoms with Gasteiger partial charge in [-0.05, 0) is 78.8 Å². The second kappa shape index (κ2) is 10.1. The molecule has 1 heterocycles. The number of ether oxygens (including phenoxy) is 2. The van der Waals surface area contributed by atoms with E-state index in [-0.39, 0.29) is 5.41 Å². The zero-order valence-corrected chi connectivity index (χ0v) is 21.4. The maximum atomic E-state index is 6.28. The SMILES string of the molecule is Cc1cc(OCCCn2c(COc3ccc(C(C)(C)C)cc3)nc3ccccc32)cc(C)c1Cl. The van der Waals surface area contributed by atoms with Crippen molar-refractivity contribution < 1.29 is 9.47 Å². The van der Waals surface area contributed by atoms with E-state index in [2.05, 4.69) is 43.5 Å². The van der Waals surface area contributed by atoms with Gasteiger partial charge in [-0.25, -0.2) is 4.98 Å². The summed E-state index contributed by atoms with van der Waals surface area (Å²) in [6.07, 6.45) is 0.856. The van der Waals surface area contributed by atoms with E-state index in [9.17, 15) is 0 Å². The van der Waals surface area contributed by atoms with Gasteiger partial charge in [0.05, 0.1) is 17.6 Å². The van der Waals surface area contributed by atoms with Gasteiger partial charge < -0.3 is 14.0 Å². The summed E-state index contributed by atoms with van der Waals surface area (Å²) in [5.74, 6) is 2.62. The van der Waals surface area contributed by atoms with Gasteiger partial charge in [-0.3, -0.25) is 0 Å². The molecule has 3 aromatic carbocycles. The normalized spacial score (nSPS) is 11.7. The smallest absolute Gasteiger partial charge is 0.147 e. The maximum absolute atomic E-state index is 6.28. The van der Waals surface area contributed by atoms with Crippen LogP contribution in [0.25, 0.3) is 11.0 Å². The standard InChI is InChI=1S/C29H33ClN2O2/c1-20-17-24(18-21(2)28(20)30)33-16-8-15-32-26-10-7-6-9-25(26)31-27(32)19-34-23-13-11-22(12-14-23)29(3,4)5/h6-7,9-14,17-18H,8,15-16,19H2,1-5H3. The average Bonchev–Trinajstić information content (AvgIpc) is 3.16. The number of hydrogen-bond donors (Lipinski definition) is 0. The minimum absolute atomic E-state index is 0.123. The molecule has 0 saturated carbocycles. The Balaban J connectivity index is 1.43. The van der Waals surface area contributed by atoms with Crippen molar-refractivity contribution in [3.63, 3.8) is 0 Å². The van der Waals surface area contributed by atoms with Crippen LogP contribution in [0, 0.1) is 13.8 Å². The highest BCUT2D eigenvalue weighted by Gasteiger charge is 2.14. The average molecular weight is 477 g/mol. The fraction of sp³-hybridized carbons (Fsp3) is 0.345. The highest BCUT2D eigenvalue weighted by atomic mass is 35.5. The van der Waals surface area contributed by atoms with Gasteiger partial charge >= 0.3 is 0 Å². The van der Waals surface area contributed by atoms with Crippen LogP contribution in [0.3, 0.4) is 0 Å². The Bertz CT molecular complexity index is 1250. The predicted molar refractivity (Wildman–Crippen MR) is 140 cm³/mol. The maximum Gasteiger partial charge on any atom is 0.147 e. The summed E-state index contributed by atoms with van der Waals surface area (Å²) in [6.45, 7) is 12.5. The van der Waals surface area contributed by atoms with Gasteiger partial charge in [-0.1, -0.05) is 56.6 Å². The first-order valence-electron chi connectivity index (χ1n) is 11.8. The van der Waals surface area contributed by atoms with E-state index in [0.29, 0.717) is 13.2 Å². The van der Waals surface area contributed by atoms with E-state index in [1.807, 2.05) is 56.3 Å². The van der Waals surface area contributed by atoms with Gasteiger partial charge in [0.25, 0.3) is 0 Å². The highest BCUT2D eigenvalue weighted by molar-refractivity contribution is 6.32. The molecule has 4 rings (SSSR count). The molecule has 0 unspecified atom stereocenters. The number of aryl methyl sites for hydroxylation is 3. The van der Waals surface area contributed by atoms with E-state index in [1.165, 1.54) is 5.56 Å². The lowest BCUT2D eigenvalue weighted by Crippen LogP contribution is -2.11. The molecule has 5 heteroatoms. The molecule has 0 bridgehead atoms. The van der Waals surface area contributed by atoms with E-state index < -0.39 is 0 Å². The number of benzene rings is 3. The lowest BCUT2D eigenvalue weighted by atomic mass is 9.87. The molecular formula is C29H33ClN2O2. The fourth-order valence-electron chi connectivity index (χ4n) is 4.09. The van der Waals surface area contributed by atoms with Crippen LogP contribution in [0.2, 0.25) is 5.02 Å². The Kier molecular flexibility index (Phi) is 7.18. The molecule has 0 N–H and O–H groups in total. The third kappa shape index (κ3) is 5.56. The predicted octanol–water partition coefficient (Wildman–Crippen LogP) is 7.65. The Morgan fingerprint density at radius 1 is 0.882 bits per heavy atom. The zero-order chi connectivity index (χ0) is 24.3. The largest absolute Gasteiger partial charge is 0.494 e. The van der Waals surface area contributed by atoms with Gasteiger partial charge in [-0.2, -0.15) is 0 Å². The van der Waals surface area contributed by atoms with Gasteiger partial charge in [0.1, 0.15) is 23.9 Å². The first-order chi connectivity index (χ1) is 16.2. The number of imidazole rings is 1. The number of aromatic nitrogens is 2. The van der Waals surface area contributed by atoms with Crippen LogP contribution in [0.4, 0.5) is 0 Å². The van der Waals surface area contributed by atoms with Crippen LogP contribution < -0.4 is 9.47 Å². The Morgan fingerprint density at radius 2 is 1.56 bits per heavy atom. The Morgan fingerprint density at radius 3 is 2.24 bits per heavy atom. The van der Waals surface area contributed by atoms with E-state index >= 15 is 0 Å². The molecule has 0 amide bonds. The van der Waals surface area contributed by atoms with Gasteiger partial charge in [-0.15, -0.1) is 0 Å². The number of rotatable bonds is 8. The number of hydrogen-bond acceptors (Lipinski definition) is 3. The van der Waals surface area contributed by atoms with E-state index in [4.69, 9.17) is 26.1 Å². The summed E-state index contributed by atoms with van der Waals surface area (Å²) in [5, 5.41) is 0.801. The van der Waals surface area contributed by atoms with Crippen molar-refractivity contribution in [3.05, 3.63) is 88.2 Å². The topological polar surface area (TPSA) is 36.3 Å². The van der Waals surface area contributed by atoms with Crippen molar-refractivity contribution in [2.24, 2.45) is 0 Å². The van der Waals surface area contributed by atoms with Crippen molar-refractivity contribution in [2.75, 3.05) is 6.61 Å². The molecule has 4 nitrogen and oxygen atoms in total. The Hall–Kier alpha value is -2.98. The Labute approximate surface area is 207 Å². The number of halogens is 1. The van der Waals surface area contributed by atoms with E-state index in [0.717, 1.165) is 57.5 Å². The number of nitrogens with zero attached hydrogens (tertiary/aromatic N) is 2. The van der Waals surface area contributed by atoms with Crippen molar-refractivity contribution in [1.29, 1.82) is 0 Å². The lowest BCUT2D eigenvalue weighted by Gasteiger charge is -2.19. The van der Waals surface area contributed by atoms with Crippen LogP contribution in [-0.4, -0.2) is 16.2 Å². The van der Waals surface area contributed by atoms with Crippen LogP contribution in [0.15, 0.2) is 60.7 Å². The van der Waals surface area contributed by atoms with Crippen molar-refractivity contribution >= 4 is 22.6 Å². The monoisotopic (exact) mass is 476 g/mol. The summed E-state index contributed by atoms with van der Waals surface area (Å²) < 4.78 is 14.4. The van der Waals surface area contributed by atoms with Crippen molar-refractivity contribution in [3.8, 4) is 11.5 Å². The van der Waals surface area contributed by atoms with Crippen LogP contribution >= 0.6 is 11.6 Å². The lowest BCUT2D eigenvalue weighted by molar-refractivity contribution is 0.280. The summed E-state index contributed by atoms with van der Waals surface area (Å²) in [4.78, 5) is 4.84. The zero-order valence-electron chi connectivity index (χ0n) is 20.7. The molecule has 0 spiro atoms. The highest BCUT2D eigenvalue weighted by Crippen LogP contribution is 2.27.